The Kier molecular flexibility index (Phi) is 4.91. The Morgan fingerprint density at radius 3 is 2.16 bits per heavy atom. The van der Waals surface area contributed by atoms with Gasteiger partial charge in [0.2, 0.25) is 5.91 Å². The Hall–Kier alpha value is -4.04. The number of imide groups is 1. The molecule has 0 unspecified atom stereocenters. The summed E-state index contributed by atoms with van der Waals surface area (Å²) in [4.78, 5) is 45.1. The summed E-state index contributed by atoms with van der Waals surface area (Å²) in [6.45, 7) is 0.129. The summed E-state index contributed by atoms with van der Waals surface area (Å²) in [6, 6.07) is 23.6. The maximum absolute atomic E-state index is 13.5. The van der Waals surface area contributed by atoms with Gasteiger partial charge in [0.15, 0.2) is 6.10 Å². The number of carbonyl (C=O) groups excluding carboxylic acids is 2. The lowest BCUT2D eigenvalue weighted by Crippen LogP contribution is -2.37. The lowest BCUT2D eigenvalue weighted by molar-refractivity contribution is -0.385. The number of anilines is 1. The predicted molar refractivity (Wildman–Crippen MR) is 115 cm³/mol. The maximum Gasteiger partial charge on any atom is 0.274 e. The van der Waals surface area contributed by atoms with E-state index >= 15 is 0 Å². The number of para-hydroxylation sites is 2. The van der Waals surface area contributed by atoms with E-state index in [4.69, 9.17) is 4.84 Å². The summed E-state index contributed by atoms with van der Waals surface area (Å²) < 4.78 is 0. The van der Waals surface area contributed by atoms with Crippen molar-refractivity contribution in [3.63, 3.8) is 0 Å². The number of fused-ring (bicyclic) bond motifs is 1. The van der Waals surface area contributed by atoms with Crippen LogP contribution < -0.4 is 5.06 Å². The van der Waals surface area contributed by atoms with Gasteiger partial charge in [-0.2, -0.15) is 0 Å². The molecule has 0 N–H and O–H groups in total. The van der Waals surface area contributed by atoms with Crippen molar-refractivity contribution in [3.8, 4) is 0 Å². The van der Waals surface area contributed by atoms with Gasteiger partial charge in [-0.05, 0) is 23.8 Å². The van der Waals surface area contributed by atoms with Crippen molar-refractivity contribution in [2.45, 2.75) is 18.7 Å². The van der Waals surface area contributed by atoms with Crippen LogP contribution in [0.25, 0.3) is 0 Å². The third kappa shape index (κ3) is 3.21. The Morgan fingerprint density at radius 2 is 1.47 bits per heavy atom. The van der Waals surface area contributed by atoms with Crippen LogP contribution in [0.3, 0.4) is 0 Å². The largest absolute Gasteiger partial charge is 0.275 e. The number of hydrogen-bond acceptors (Lipinski definition) is 6. The number of benzene rings is 3. The van der Waals surface area contributed by atoms with Gasteiger partial charge in [0.05, 0.1) is 22.7 Å². The highest BCUT2D eigenvalue weighted by Gasteiger charge is 2.60. The van der Waals surface area contributed by atoms with Gasteiger partial charge in [0.1, 0.15) is 12.0 Å². The van der Waals surface area contributed by atoms with E-state index in [-0.39, 0.29) is 12.2 Å². The Bertz CT molecular complexity index is 1180. The topological polar surface area (TPSA) is 93.0 Å². The van der Waals surface area contributed by atoms with Gasteiger partial charge < -0.3 is 0 Å². The first kappa shape index (κ1) is 19.9. The molecule has 0 radical (unpaired) electrons. The van der Waals surface area contributed by atoms with Crippen molar-refractivity contribution in [1.82, 2.24) is 4.90 Å². The number of amides is 2. The van der Waals surface area contributed by atoms with Crippen LogP contribution in [0.2, 0.25) is 0 Å². The van der Waals surface area contributed by atoms with E-state index in [0.717, 1.165) is 5.56 Å². The maximum atomic E-state index is 13.5. The Morgan fingerprint density at radius 1 is 0.844 bits per heavy atom. The van der Waals surface area contributed by atoms with Gasteiger partial charge in [0, 0.05) is 6.07 Å². The predicted octanol–water partition coefficient (Wildman–Crippen LogP) is 3.64. The average Bonchev–Trinajstić information content (AvgIpc) is 3.32. The fraction of sp³-hybridized carbons (Fsp3) is 0.167. The van der Waals surface area contributed by atoms with E-state index in [2.05, 4.69) is 0 Å². The van der Waals surface area contributed by atoms with Crippen LogP contribution >= 0.6 is 0 Å². The molecule has 0 spiro atoms. The number of hydroxylamine groups is 1. The summed E-state index contributed by atoms with van der Waals surface area (Å²) >= 11 is 0. The SMILES string of the molecule is O=C1[C@H]2[C@@H](c3ccccc3[N+](=O)[O-])N(c3ccccc3)O[C@H]2C(=O)N1Cc1ccccc1. The molecule has 8 nitrogen and oxygen atoms in total. The minimum Gasteiger partial charge on any atom is -0.275 e. The van der Waals surface area contributed by atoms with Gasteiger partial charge in [-0.3, -0.25) is 29.4 Å². The summed E-state index contributed by atoms with van der Waals surface area (Å²) in [5, 5.41) is 13.2. The monoisotopic (exact) mass is 429 g/mol. The van der Waals surface area contributed by atoms with Gasteiger partial charge in [0.25, 0.3) is 11.6 Å². The molecule has 3 aromatic carbocycles. The number of carbonyl (C=O) groups is 2. The molecule has 2 aliphatic heterocycles. The van der Waals surface area contributed by atoms with Crippen LogP contribution in [-0.2, 0) is 21.0 Å². The molecule has 5 rings (SSSR count). The molecule has 32 heavy (non-hydrogen) atoms. The van der Waals surface area contributed by atoms with E-state index < -0.39 is 34.8 Å². The molecule has 0 aliphatic carbocycles. The molecule has 3 atom stereocenters. The third-order valence-electron chi connectivity index (χ3n) is 5.85. The number of likely N-dealkylation sites (tertiary alicyclic amines) is 1. The minimum atomic E-state index is -1.05. The second kappa shape index (κ2) is 7.90. The quantitative estimate of drug-likeness (QED) is 0.349. The molecule has 160 valence electrons. The molecule has 2 saturated heterocycles. The number of nitro groups is 1. The van der Waals surface area contributed by atoms with Crippen LogP contribution in [0.1, 0.15) is 17.2 Å². The summed E-state index contributed by atoms with van der Waals surface area (Å²) in [6.07, 6.45) is -1.05. The van der Waals surface area contributed by atoms with Crippen LogP contribution in [0.5, 0.6) is 0 Å². The molecule has 2 amide bonds. The molecular weight excluding hydrogens is 410 g/mol. The van der Waals surface area contributed by atoms with Crippen molar-refractivity contribution >= 4 is 23.2 Å². The molecular formula is C24H19N3O5. The van der Waals surface area contributed by atoms with Crippen molar-refractivity contribution in [2.75, 3.05) is 5.06 Å². The molecule has 0 saturated carbocycles. The highest BCUT2D eigenvalue weighted by atomic mass is 16.7. The fourth-order valence-electron chi connectivity index (χ4n) is 4.41. The van der Waals surface area contributed by atoms with Crippen molar-refractivity contribution in [1.29, 1.82) is 0 Å². The van der Waals surface area contributed by atoms with Gasteiger partial charge in [-0.25, -0.2) is 5.06 Å². The smallest absolute Gasteiger partial charge is 0.274 e. The third-order valence-corrected chi connectivity index (χ3v) is 5.85. The van der Waals surface area contributed by atoms with E-state index in [1.54, 1.807) is 42.5 Å². The van der Waals surface area contributed by atoms with Crippen LogP contribution in [0.4, 0.5) is 11.4 Å². The fourth-order valence-corrected chi connectivity index (χ4v) is 4.41. The Labute approximate surface area is 183 Å². The molecule has 3 aromatic rings. The zero-order valence-electron chi connectivity index (χ0n) is 16.9. The summed E-state index contributed by atoms with van der Waals surface area (Å²) in [5.41, 5.74) is 1.64. The highest BCUT2D eigenvalue weighted by Crippen LogP contribution is 2.48. The van der Waals surface area contributed by atoms with Crippen molar-refractivity contribution < 1.29 is 19.3 Å². The number of rotatable bonds is 5. The molecule has 8 heteroatoms. The van der Waals surface area contributed by atoms with Gasteiger partial charge in [-0.15, -0.1) is 0 Å². The van der Waals surface area contributed by atoms with E-state index in [1.165, 1.54) is 16.0 Å². The molecule has 0 aromatic heterocycles. The van der Waals surface area contributed by atoms with E-state index in [9.17, 15) is 19.7 Å². The molecule has 2 fully saturated rings. The summed E-state index contributed by atoms with van der Waals surface area (Å²) in [5.74, 6) is -1.73. The highest BCUT2D eigenvalue weighted by molar-refractivity contribution is 6.07. The number of hydrogen-bond donors (Lipinski definition) is 0. The van der Waals surface area contributed by atoms with E-state index in [0.29, 0.717) is 11.3 Å². The minimum absolute atomic E-state index is 0.121. The standard InChI is InChI=1S/C24H19N3O5/c28-23-20-21(18-13-7-8-14-19(18)27(30)31)26(17-11-5-2-6-12-17)32-22(20)24(29)25(23)15-16-9-3-1-4-10-16/h1-14,20-22H,15H2/t20-,21+,22+/m0/s1. The van der Waals surface area contributed by atoms with Crippen molar-refractivity contribution in [2.24, 2.45) is 5.92 Å². The zero-order chi connectivity index (χ0) is 22.2. The van der Waals surface area contributed by atoms with E-state index in [1.807, 2.05) is 36.4 Å². The van der Waals surface area contributed by atoms with Gasteiger partial charge >= 0.3 is 0 Å². The lowest BCUT2D eigenvalue weighted by Gasteiger charge is -2.28. The lowest BCUT2D eigenvalue weighted by atomic mass is 9.89. The normalized spacial score (nSPS) is 22.3. The summed E-state index contributed by atoms with van der Waals surface area (Å²) in [7, 11) is 0. The first-order valence-corrected chi connectivity index (χ1v) is 10.2. The first-order chi connectivity index (χ1) is 15.6. The van der Waals surface area contributed by atoms with Gasteiger partial charge in [-0.1, -0.05) is 60.7 Å². The average molecular weight is 429 g/mol. The second-order valence-corrected chi connectivity index (χ2v) is 7.72. The molecule has 2 aliphatic rings. The van der Waals surface area contributed by atoms with Crippen molar-refractivity contribution in [3.05, 3.63) is 106 Å². The molecule has 2 heterocycles. The zero-order valence-corrected chi connectivity index (χ0v) is 16.9. The first-order valence-electron chi connectivity index (χ1n) is 10.2. The second-order valence-electron chi connectivity index (χ2n) is 7.72. The van der Waals surface area contributed by atoms with Crippen LogP contribution in [0.15, 0.2) is 84.9 Å². The Balaban J connectivity index is 1.58. The van der Waals surface area contributed by atoms with Crippen LogP contribution in [0, 0.1) is 16.0 Å². The number of nitro benzene ring substituents is 1. The van der Waals surface area contributed by atoms with Crippen LogP contribution in [-0.4, -0.2) is 27.7 Å². The number of nitrogens with zero attached hydrogens (tertiary/aromatic N) is 3. The molecule has 0 bridgehead atoms.